The minimum Gasteiger partial charge on any atom is -0.399 e. The van der Waals surface area contributed by atoms with Crippen LogP contribution in [0.3, 0.4) is 0 Å². The summed E-state index contributed by atoms with van der Waals surface area (Å²) in [6.07, 6.45) is 5.05. The molecule has 1 aromatic carbocycles. The summed E-state index contributed by atoms with van der Waals surface area (Å²) in [7, 11) is 0. The van der Waals surface area contributed by atoms with Crippen LogP contribution >= 0.6 is 11.3 Å². The van der Waals surface area contributed by atoms with Crippen LogP contribution in [0.4, 0.5) is 5.69 Å². The highest BCUT2D eigenvalue weighted by Gasteiger charge is 2.18. The minimum absolute atomic E-state index is 0.0834. The lowest BCUT2D eigenvalue weighted by Crippen LogP contribution is -2.33. The molecular formula is C16H19N3OS. The molecule has 4 nitrogen and oxygen atoms in total. The highest BCUT2D eigenvalue weighted by atomic mass is 32.1. The summed E-state index contributed by atoms with van der Waals surface area (Å²) in [6, 6.07) is 8.00. The number of hydrogen-bond acceptors (Lipinski definition) is 4. The first-order valence-corrected chi connectivity index (χ1v) is 8.18. The summed E-state index contributed by atoms with van der Waals surface area (Å²) >= 11 is 1.53. The Kier molecular flexibility index (Phi) is 4.20. The quantitative estimate of drug-likeness (QED) is 0.853. The molecule has 1 heterocycles. The van der Waals surface area contributed by atoms with Gasteiger partial charge in [0.05, 0.1) is 12.1 Å². The number of nitrogens with one attached hydrogen (secondary N) is 1. The molecule has 1 amide bonds. The van der Waals surface area contributed by atoms with E-state index >= 15 is 0 Å². The Morgan fingerprint density at radius 3 is 2.71 bits per heavy atom. The third-order valence-corrected chi connectivity index (χ3v) is 4.64. The van der Waals surface area contributed by atoms with E-state index in [0.717, 1.165) is 34.8 Å². The number of nitrogens with zero attached hydrogens (tertiary/aromatic N) is 1. The van der Waals surface area contributed by atoms with Gasteiger partial charge < -0.3 is 11.1 Å². The summed E-state index contributed by atoms with van der Waals surface area (Å²) in [5, 5.41) is 5.94. The summed E-state index contributed by atoms with van der Waals surface area (Å²) < 4.78 is 0. The standard InChI is InChI=1S/C16H19N3OS/c17-12-7-5-11(6-8-12)14-10-21-16(19-14)9-15(20)18-13-3-1-2-4-13/h5-8,10,13H,1-4,9,17H2,(H,18,20). The van der Waals surface area contributed by atoms with Crippen molar-refractivity contribution in [2.24, 2.45) is 0 Å². The van der Waals surface area contributed by atoms with E-state index in [9.17, 15) is 4.79 Å². The van der Waals surface area contributed by atoms with E-state index in [2.05, 4.69) is 10.3 Å². The number of benzene rings is 1. The molecule has 5 heteroatoms. The smallest absolute Gasteiger partial charge is 0.227 e. The zero-order chi connectivity index (χ0) is 14.7. The second-order valence-electron chi connectivity index (χ2n) is 5.47. The zero-order valence-corrected chi connectivity index (χ0v) is 12.7. The lowest BCUT2D eigenvalue weighted by molar-refractivity contribution is -0.121. The first kappa shape index (κ1) is 14.1. The zero-order valence-electron chi connectivity index (χ0n) is 11.8. The predicted octanol–water partition coefficient (Wildman–Crippen LogP) is 2.99. The Morgan fingerprint density at radius 1 is 1.29 bits per heavy atom. The second kappa shape index (κ2) is 6.26. The maximum Gasteiger partial charge on any atom is 0.227 e. The van der Waals surface area contributed by atoms with Crippen molar-refractivity contribution in [2.75, 3.05) is 5.73 Å². The van der Waals surface area contributed by atoms with Gasteiger partial charge in [0.25, 0.3) is 0 Å². The Labute approximate surface area is 128 Å². The van der Waals surface area contributed by atoms with Gasteiger partial charge in [-0.3, -0.25) is 4.79 Å². The lowest BCUT2D eigenvalue weighted by Gasteiger charge is -2.10. The number of anilines is 1. The number of nitrogen functional groups attached to an aromatic ring is 1. The molecule has 0 bridgehead atoms. The van der Waals surface area contributed by atoms with Crippen LogP contribution in [0.15, 0.2) is 29.6 Å². The van der Waals surface area contributed by atoms with Crippen LogP contribution in [0.2, 0.25) is 0 Å². The molecule has 0 saturated heterocycles. The molecule has 1 fully saturated rings. The van der Waals surface area contributed by atoms with Crippen LogP contribution in [-0.4, -0.2) is 16.9 Å². The summed E-state index contributed by atoms with van der Waals surface area (Å²) in [5.41, 5.74) is 8.36. The molecule has 1 aliphatic carbocycles. The van der Waals surface area contributed by atoms with Gasteiger partial charge in [-0.2, -0.15) is 0 Å². The Morgan fingerprint density at radius 2 is 2.00 bits per heavy atom. The Bertz CT molecular complexity index is 615. The third kappa shape index (κ3) is 3.61. The van der Waals surface area contributed by atoms with Gasteiger partial charge in [0.15, 0.2) is 0 Å². The first-order chi connectivity index (χ1) is 10.2. The number of hydrogen-bond donors (Lipinski definition) is 2. The molecule has 0 aliphatic heterocycles. The van der Waals surface area contributed by atoms with Crippen molar-refractivity contribution >= 4 is 22.9 Å². The van der Waals surface area contributed by atoms with Crippen molar-refractivity contribution in [1.29, 1.82) is 0 Å². The van der Waals surface area contributed by atoms with E-state index in [-0.39, 0.29) is 5.91 Å². The van der Waals surface area contributed by atoms with Gasteiger partial charge >= 0.3 is 0 Å². The predicted molar refractivity (Wildman–Crippen MR) is 86.1 cm³/mol. The van der Waals surface area contributed by atoms with E-state index < -0.39 is 0 Å². The van der Waals surface area contributed by atoms with Crippen LogP contribution in [0.5, 0.6) is 0 Å². The molecule has 21 heavy (non-hydrogen) atoms. The molecule has 0 atom stereocenters. The SMILES string of the molecule is Nc1ccc(-c2csc(CC(=O)NC3CCCC3)n2)cc1. The van der Waals surface area contributed by atoms with E-state index in [1.807, 2.05) is 29.6 Å². The number of thiazole rings is 1. The van der Waals surface area contributed by atoms with Gasteiger partial charge in [0, 0.05) is 22.7 Å². The minimum atomic E-state index is 0.0834. The monoisotopic (exact) mass is 301 g/mol. The van der Waals surface area contributed by atoms with Crippen molar-refractivity contribution in [1.82, 2.24) is 10.3 Å². The fourth-order valence-electron chi connectivity index (χ4n) is 2.66. The van der Waals surface area contributed by atoms with Gasteiger partial charge in [-0.05, 0) is 25.0 Å². The highest BCUT2D eigenvalue weighted by molar-refractivity contribution is 7.10. The van der Waals surface area contributed by atoms with Gasteiger partial charge in [-0.25, -0.2) is 4.98 Å². The Hall–Kier alpha value is -1.88. The summed E-state index contributed by atoms with van der Waals surface area (Å²) in [4.78, 5) is 16.5. The van der Waals surface area contributed by atoms with Gasteiger partial charge in [0.2, 0.25) is 5.91 Å². The number of carbonyl (C=O) groups is 1. The number of carbonyl (C=O) groups excluding carboxylic acids is 1. The molecule has 0 unspecified atom stereocenters. The maximum atomic E-state index is 12.0. The molecule has 110 valence electrons. The molecule has 3 N–H and O–H groups in total. The fourth-order valence-corrected chi connectivity index (χ4v) is 3.47. The normalized spacial score (nSPS) is 15.2. The van der Waals surface area contributed by atoms with Crippen molar-refractivity contribution in [3.63, 3.8) is 0 Å². The summed E-state index contributed by atoms with van der Waals surface area (Å²) in [6.45, 7) is 0. The van der Waals surface area contributed by atoms with Gasteiger partial charge in [-0.1, -0.05) is 25.0 Å². The molecular weight excluding hydrogens is 282 g/mol. The fraction of sp³-hybridized carbons (Fsp3) is 0.375. The second-order valence-corrected chi connectivity index (χ2v) is 6.42. The van der Waals surface area contributed by atoms with Crippen molar-refractivity contribution in [3.8, 4) is 11.3 Å². The maximum absolute atomic E-state index is 12.0. The van der Waals surface area contributed by atoms with Crippen LogP contribution in [-0.2, 0) is 11.2 Å². The van der Waals surface area contributed by atoms with Crippen molar-refractivity contribution < 1.29 is 4.79 Å². The lowest BCUT2D eigenvalue weighted by atomic mass is 10.1. The molecule has 1 saturated carbocycles. The topological polar surface area (TPSA) is 68.0 Å². The number of amides is 1. The van der Waals surface area contributed by atoms with Crippen molar-refractivity contribution in [3.05, 3.63) is 34.7 Å². The largest absolute Gasteiger partial charge is 0.399 e. The van der Waals surface area contributed by atoms with E-state index in [4.69, 9.17) is 5.73 Å². The molecule has 1 aromatic heterocycles. The summed E-state index contributed by atoms with van der Waals surface area (Å²) in [5.74, 6) is 0.0834. The number of aromatic nitrogens is 1. The van der Waals surface area contributed by atoms with Crippen LogP contribution in [0, 0.1) is 0 Å². The van der Waals surface area contributed by atoms with Crippen LogP contribution < -0.4 is 11.1 Å². The van der Waals surface area contributed by atoms with E-state index in [1.165, 1.54) is 24.2 Å². The average molecular weight is 301 g/mol. The highest BCUT2D eigenvalue weighted by Crippen LogP contribution is 2.23. The van der Waals surface area contributed by atoms with E-state index in [0.29, 0.717) is 12.5 Å². The number of nitrogens with two attached hydrogens (primary N) is 1. The molecule has 3 rings (SSSR count). The van der Waals surface area contributed by atoms with Crippen LogP contribution in [0.25, 0.3) is 11.3 Å². The molecule has 2 aromatic rings. The molecule has 0 radical (unpaired) electrons. The van der Waals surface area contributed by atoms with E-state index in [1.54, 1.807) is 0 Å². The molecule has 0 spiro atoms. The number of rotatable bonds is 4. The average Bonchev–Trinajstić information content (AvgIpc) is 3.11. The van der Waals surface area contributed by atoms with Gasteiger partial charge in [0.1, 0.15) is 5.01 Å². The van der Waals surface area contributed by atoms with Crippen molar-refractivity contribution in [2.45, 2.75) is 38.1 Å². The Balaban J connectivity index is 1.61. The first-order valence-electron chi connectivity index (χ1n) is 7.30. The molecule has 1 aliphatic rings. The third-order valence-electron chi connectivity index (χ3n) is 3.79. The van der Waals surface area contributed by atoms with Gasteiger partial charge in [-0.15, -0.1) is 11.3 Å². The van der Waals surface area contributed by atoms with Crippen LogP contribution in [0.1, 0.15) is 30.7 Å².